The molecule has 1 aliphatic carbocycles. The van der Waals surface area contributed by atoms with E-state index in [1.807, 2.05) is 53.3 Å². The number of aryl methyl sites for hydroxylation is 1. The van der Waals surface area contributed by atoms with Gasteiger partial charge in [-0.05, 0) is 49.4 Å². The third-order valence-corrected chi connectivity index (χ3v) is 5.33. The van der Waals surface area contributed by atoms with Gasteiger partial charge in [-0.3, -0.25) is 4.79 Å². The zero-order valence-electron chi connectivity index (χ0n) is 14.9. The van der Waals surface area contributed by atoms with Crippen LogP contribution in [0.2, 0.25) is 5.02 Å². The third kappa shape index (κ3) is 3.88. The van der Waals surface area contributed by atoms with Gasteiger partial charge in [-0.2, -0.15) is 5.10 Å². The topological polar surface area (TPSA) is 59.8 Å². The Balaban J connectivity index is 1.45. The Bertz CT molecular complexity index is 938. The first-order valence-corrected chi connectivity index (χ1v) is 9.61. The number of rotatable bonds is 5. The predicted octanol–water partition coefficient (Wildman–Crippen LogP) is 4.05. The van der Waals surface area contributed by atoms with Crippen molar-refractivity contribution in [3.8, 4) is 5.82 Å². The van der Waals surface area contributed by atoms with Crippen LogP contribution in [0, 0.1) is 0 Å². The third-order valence-electron chi connectivity index (χ3n) is 4.96. The number of aromatic nitrogens is 3. The fourth-order valence-corrected chi connectivity index (χ4v) is 3.83. The molecule has 0 spiro atoms. The molecule has 1 atom stereocenters. The van der Waals surface area contributed by atoms with E-state index in [2.05, 4.69) is 15.4 Å². The quantitative estimate of drug-likeness (QED) is 0.726. The number of amides is 1. The summed E-state index contributed by atoms with van der Waals surface area (Å²) >= 11 is 6.18. The number of halogens is 1. The minimum atomic E-state index is 0.00459. The van der Waals surface area contributed by atoms with Gasteiger partial charge in [0, 0.05) is 23.2 Å². The van der Waals surface area contributed by atoms with Crippen molar-refractivity contribution in [2.45, 2.75) is 38.1 Å². The van der Waals surface area contributed by atoms with Gasteiger partial charge in [0.15, 0.2) is 5.82 Å². The van der Waals surface area contributed by atoms with E-state index < -0.39 is 0 Å². The first kappa shape index (κ1) is 17.7. The van der Waals surface area contributed by atoms with Crippen molar-refractivity contribution >= 4 is 17.5 Å². The highest BCUT2D eigenvalue weighted by Crippen LogP contribution is 2.30. The van der Waals surface area contributed by atoms with Crippen molar-refractivity contribution in [2.75, 3.05) is 0 Å². The lowest BCUT2D eigenvalue weighted by Gasteiger charge is -2.24. The Morgan fingerprint density at radius 2 is 2.07 bits per heavy atom. The number of carbonyl (C=O) groups is 1. The van der Waals surface area contributed by atoms with Crippen LogP contribution in [0.25, 0.3) is 5.82 Å². The molecule has 1 aliphatic rings. The van der Waals surface area contributed by atoms with Crippen LogP contribution in [-0.4, -0.2) is 20.7 Å². The minimum Gasteiger partial charge on any atom is -0.349 e. The van der Waals surface area contributed by atoms with Crippen molar-refractivity contribution in [3.63, 3.8) is 0 Å². The summed E-state index contributed by atoms with van der Waals surface area (Å²) in [5, 5.41) is 8.40. The summed E-state index contributed by atoms with van der Waals surface area (Å²) in [5.41, 5.74) is 3.23. The Hall–Kier alpha value is -2.66. The van der Waals surface area contributed by atoms with E-state index in [0.29, 0.717) is 17.9 Å². The highest BCUT2D eigenvalue weighted by atomic mass is 35.5. The summed E-state index contributed by atoms with van der Waals surface area (Å²) in [5.74, 6) is 0.850. The maximum atomic E-state index is 12.5. The van der Waals surface area contributed by atoms with Crippen LogP contribution in [0.3, 0.4) is 0 Å². The second kappa shape index (κ2) is 7.92. The number of hydrogen-bond donors (Lipinski definition) is 1. The van der Waals surface area contributed by atoms with Crippen LogP contribution in [0.4, 0.5) is 0 Å². The molecular formula is C21H21ClN4O. The molecule has 0 saturated heterocycles. The first-order valence-electron chi connectivity index (χ1n) is 9.23. The summed E-state index contributed by atoms with van der Waals surface area (Å²) in [6.07, 6.45) is 7.57. The smallest absolute Gasteiger partial charge is 0.220 e. The Morgan fingerprint density at radius 3 is 2.89 bits per heavy atom. The zero-order chi connectivity index (χ0) is 18.6. The summed E-state index contributed by atoms with van der Waals surface area (Å²) in [7, 11) is 0. The summed E-state index contributed by atoms with van der Waals surface area (Å²) in [6.45, 7) is 0. The second-order valence-corrected chi connectivity index (χ2v) is 7.16. The molecule has 1 unspecified atom stereocenters. The molecule has 27 heavy (non-hydrogen) atoms. The first-order chi connectivity index (χ1) is 13.2. The predicted molar refractivity (Wildman–Crippen MR) is 105 cm³/mol. The van der Waals surface area contributed by atoms with Crippen molar-refractivity contribution < 1.29 is 4.79 Å². The van der Waals surface area contributed by atoms with Crippen LogP contribution in [-0.2, 0) is 17.6 Å². The number of fused-ring (bicyclic) bond motifs is 1. The maximum Gasteiger partial charge on any atom is 0.220 e. The van der Waals surface area contributed by atoms with Gasteiger partial charge >= 0.3 is 0 Å². The molecule has 0 aliphatic heterocycles. The van der Waals surface area contributed by atoms with Gasteiger partial charge < -0.3 is 5.32 Å². The van der Waals surface area contributed by atoms with Gasteiger partial charge in [0.1, 0.15) is 0 Å². The van der Waals surface area contributed by atoms with Crippen molar-refractivity contribution in [2.24, 2.45) is 0 Å². The molecule has 0 saturated carbocycles. The van der Waals surface area contributed by atoms with Crippen molar-refractivity contribution in [3.05, 3.63) is 76.7 Å². The molecule has 1 amide bonds. The molecule has 6 heteroatoms. The Kier molecular flexibility index (Phi) is 5.21. The standard InChI is InChI=1S/C21H21ClN4O/c22-17-7-2-1-6-15(17)11-12-21(27)25-18-8-5-9-19-16(18)14-24-26(19)20-10-3-4-13-23-20/h1-4,6-7,10,13-14,18H,5,8-9,11-12H2,(H,25,27). The highest BCUT2D eigenvalue weighted by molar-refractivity contribution is 6.31. The fraction of sp³-hybridized carbons (Fsp3) is 0.286. The summed E-state index contributed by atoms with van der Waals surface area (Å²) in [4.78, 5) is 16.9. The van der Waals surface area contributed by atoms with Crippen LogP contribution < -0.4 is 5.32 Å². The molecule has 0 fully saturated rings. The van der Waals surface area contributed by atoms with Gasteiger partial charge in [0.2, 0.25) is 5.91 Å². The van der Waals surface area contributed by atoms with Crippen LogP contribution in [0.5, 0.6) is 0 Å². The molecule has 0 bridgehead atoms. The molecule has 0 radical (unpaired) electrons. The Labute approximate surface area is 163 Å². The van der Waals surface area contributed by atoms with Crippen molar-refractivity contribution in [1.82, 2.24) is 20.1 Å². The number of nitrogens with zero attached hydrogens (tertiary/aromatic N) is 3. The number of nitrogens with one attached hydrogen (secondary N) is 1. The lowest BCUT2D eigenvalue weighted by molar-refractivity contribution is -0.121. The zero-order valence-corrected chi connectivity index (χ0v) is 15.7. The summed E-state index contributed by atoms with van der Waals surface area (Å²) < 4.78 is 1.89. The molecule has 5 nitrogen and oxygen atoms in total. The van der Waals surface area contributed by atoms with E-state index in [9.17, 15) is 4.79 Å². The van der Waals surface area contributed by atoms with Crippen LogP contribution in [0.15, 0.2) is 54.9 Å². The number of carbonyl (C=O) groups excluding carboxylic acids is 1. The molecule has 3 aromatic rings. The van der Waals surface area contributed by atoms with Gasteiger partial charge in [0.25, 0.3) is 0 Å². The van der Waals surface area contributed by atoms with Crippen LogP contribution >= 0.6 is 11.6 Å². The SMILES string of the molecule is O=C(CCc1ccccc1Cl)NC1CCCc2c1cnn2-c1ccccn1. The van der Waals surface area contributed by atoms with E-state index in [0.717, 1.165) is 41.9 Å². The monoisotopic (exact) mass is 380 g/mol. The van der Waals surface area contributed by atoms with E-state index in [1.165, 1.54) is 0 Å². The van der Waals surface area contributed by atoms with Gasteiger partial charge in [-0.1, -0.05) is 35.9 Å². The number of pyridine rings is 1. The molecular weight excluding hydrogens is 360 g/mol. The van der Waals surface area contributed by atoms with Gasteiger partial charge in [-0.25, -0.2) is 9.67 Å². The normalized spacial score (nSPS) is 16.0. The van der Waals surface area contributed by atoms with E-state index in [-0.39, 0.29) is 11.9 Å². The Morgan fingerprint density at radius 1 is 1.22 bits per heavy atom. The maximum absolute atomic E-state index is 12.5. The molecule has 2 heterocycles. The molecule has 1 aromatic carbocycles. The van der Waals surface area contributed by atoms with Crippen LogP contribution in [0.1, 0.15) is 42.1 Å². The molecule has 4 rings (SSSR count). The fourth-order valence-electron chi connectivity index (χ4n) is 3.60. The molecule has 1 N–H and O–H groups in total. The highest BCUT2D eigenvalue weighted by Gasteiger charge is 2.26. The second-order valence-electron chi connectivity index (χ2n) is 6.75. The van der Waals surface area contributed by atoms with Crippen molar-refractivity contribution in [1.29, 1.82) is 0 Å². The number of benzene rings is 1. The lowest BCUT2D eigenvalue weighted by Crippen LogP contribution is -2.31. The molecule has 138 valence electrons. The van der Waals surface area contributed by atoms with Gasteiger partial charge in [-0.15, -0.1) is 0 Å². The lowest BCUT2D eigenvalue weighted by atomic mass is 9.92. The average Bonchev–Trinajstić information content (AvgIpc) is 3.13. The summed E-state index contributed by atoms with van der Waals surface area (Å²) in [6, 6.07) is 13.4. The van der Waals surface area contributed by atoms with E-state index >= 15 is 0 Å². The number of hydrogen-bond acceptors (Lipinski definition) is 3. The average molecular weight is 381 g/mol. The van der Waals surface area contributed by atoms with Gasteiger partial charge in [0.05, 0.1) is 17.9 Å². The largest absolute Gasteiger partial charge is 0.349 e. The molecule has 2 aromatic heterocycles. The van der Waals surface area contributed by atoms with E-state index in [4.69, 9.17) is 11.6 Å². The minimum absolute atomic E-state index is 0.00459. The van der Waals surface area contributed by atoms with E-state index in [1.54, 1.807) is 6.20 Å².